The lowest BCUT2D eigenvalue weighted by atomic mass is 9.80. The molecule has 2 aromatic rings. The fraction of sp³-hybridized carbons (Fsp3) is 0.375. The third-order valence-electron chi connectivity index (χ3n) is 5.79. The van der Waals surface area contributed by atoms with Crippen LogP contribution in [0.5, 0.6) is 5.75 Å². The molecule has 2 heterocycles. The maximum Gasteiger partial charge on any atom is 0.338 e. The van der Waals surface area contributed by atoms with E-state index in [9.17, 15) is 9.59 Å². The average Bonchev–Trinajstić information content (AvgIpc) is 2.99. The Bertz CT molecular complexity index is 1050. The fourth-order valence-electron chi connectivity index (χ4n) is 4.53. The Balaban J connectivity index is 1.82. The molecule has 2 aromatic carbocycles. The summed E-state index contributed by atoms with van der Waals surface area (Å²) in [4.78, 5) is 31.9. The van der Waals surface area contributed by atoms with Gasteiger partial charge < -0.3 is 14.4 Å². The maximum absolute atomic E-state index is 13.4. The van der Waals surface area contributed by atoms with Gasteiger partial charge >= 0.3 is 5.97 Å². The number of anilines is 1. The number of benzene rings is 2. The second-order valence-corrected chi connectivity index (χ2v) is 8.40. The van der Waals surface area contributed by atoms with Crippen molar-refractivity contribution in [2.45, 2.75) is 45.6 Å². The first-order valence-corrected chi connectivity index (χ1v) is 10.2. The highest BCUT2D eigenvalue weighted by Gasteiger charge is 2.48. The number of carbonyl (C=O) groups is 2. The Hall–Kier alpha value is -3.15. The molecule has 0 saturated heterocycles. The summed E-state index contributed by atoms with van der Waals surface area (Å²) in [5.74, 6) is 0.540. The molecule has 2 aliphatic rings. The summed E-state index contributed by atoms with van der Waals surface area (Å²) in [6.45, 7) is 8.46. The molecule has 6 heteroatoms. The van der Waals surface area contributed by atoms with Gasteiger partial charge in [0.25, 0.3) is 5.91 Å². The topological polar surface area (TPSA) is 68.2 Å². The molecule has 0 aliphatic carbocycles. The molecule has 30 heavy (non-hydrogen) atoms. The highest BCUT2D eigenvalue weighted by molar-refractivity contribution is 6.55. The molecule has 4 rings (SSSR count). The van der Waals surface area contributed by atoms with Crippen molar-refractivity contribution in [3.05, 3.63) is 53.1 Å². The first kappa shape index (κ1) is 20.1. The molecule has 0 spiro atoms. The van der Waals surface area contributed by atoms with E-state index >= 15 is 0 Å². The van der Waals surface area contributed by atoms with Gasteiger partial charge in [-0.05, 0) is 75.1 Å². The molecule has 6 nitrogen and oxygen atoms in total. The summed E-state index contributed by atoms with van der Waals surface area (Å²) in [6.07, 6.45) is 0.861. The van der Waals surface area contributed by atoms with Crippen LogP contribution in [-0.2, 0) is 9.53 Å². The van der Waals surface area contributed by atoms with Crippen molar-refractivity contribution in [2.24, 2.45) is 4.99 Å². The highest BCUT2D eigenvalue weighted by Crippen LogP contribution is 2.50. The van der Waals surface area contributed by atoms with E-state index in [2.05, 4.69) is 25.8 Å². The number of carbonyl (C=O) groups excluding carboxylic acids is 2. The SMILES string of the molecule is CCOC(=O)c1ccc(N=C2C(=O)N3c4c2cc(OC)cc4C(C)CC3(C)C)cc1. The Morgan fingerprint density at radius 3 is 2.57 bits per heavy atom. The fourth-order valence-corrected chi connectivity index (χ4v) is 4.53. The molecule has 0 radical (unpaired) electrons. The molecule has 156 valence electrons. The summed E-state index contributed by atoms with van der Waals surface area (Å²) < 4.78 is 10.5. The van der Waals surface area contributed by atoms with Crippen molar-refractivity contribution in [2.75, 3.05) is 18.6 Å². The summed E-state index contributed by atoms with van der Waals surface area (Å²) in [6, 6.07) is 10.7. The summed E-state index contributed by atoms with van der Waals surface area (Å²) in [7, 11) is 1.63. The maximum atomic E-state index is 13.4. The molecule has 0 N–H and O–H groups in total. The van der Waals surface area contributed by atoms with Gasteiger partial charge in [-0.25, -0.2) is 9.79 Å². The van der Waals surface area contributed by atoms with E-state index in [0.29, 0.717) is 29.5 Å². The number of esters is 1. The smallest absolute Gasteiger partial charge is 0.338 e. The Kier molecular flexibility index (Phi) is 4.88. The Labute approximate surface area is 176 Å². The number of rotatable bonds is 4. The van der Waals surface area contributed by atoms with Crippen LogP contribution in [0.25, 0.3) is 0 Å². The second kappa shape index (κ2) is 7.27. The second-order valence-electron chi connectivity index (χ2n) is 8.40. The lowest BCUT2D eigenvalue weighted by Gasteiger charge is -2.43. The third kappa shape index (κ3) is 3.16. The molecule has 1 atom stereocenters. The van der Waals surface area contributed by atoms with Gasteiger partial charge in [-0.2, -0.15) is 0 Å². The molecule has 0 saturated carbocycles. The number of amides is 1. The van der Waals surface area contributed by atoms with Gasteiger partial charge in [0, 0.05) is 11.1 Å². The van der Waals surface area contributed by atoms with E-state index in [1.807, 2.05) is 17.0 Å². The van der Waals surface area contributed by atoms with Gasteiger partial charge in [-0.15, -0.1) is 0 Å². The van der Waals surface area contributed by atoms with Crippen molar-refractivity contribution >= 4 is 29.0 Å². The van der Waals surface area contributed by atoms with E-state index < -0.39 is 0 Å². The van der Waals surface area contributed by atoms with Crippen molar-refractivity contribution in [1.29, 1.82) is 0 Å². The predicted molar refractivity (Wildman–Crippen MR) is 116 cm³/mol. The normalized spacial score (nSPS) is 20.3. The van der Waals surface area contributed by atoms with E-state index in [1.54, 1.807) is 38.3 Å². The standard InChI is InChI=1S/C24H26N2O4/c1-6-30-23(28)15-7-9-16(10-8-15)25-20-19-12-17(29-5)11-18-14(2)13-24(3,4)26(21(18)19)22(20)27/h7-12,14H,6,13H2,1-5H3. The van der Waals surface area contributed by atoms with Gasteiger partial charge in [0.2, 0.25) is 0 Å². The molecule has 0 aromatic heterocycles. The zero-order chi connectivity index (χ0) is 21.6. The lowest BCUT2D eigenvalue weighted by molar-refractivity contribution is -0.113. The van der Waals surface area contributed by atoms with Crippen molar-refractivity contribution < 1.29 is 19.1 Å². The minimum atomic E-state index is -0.374. The van der Waals surface area contributed by atoms with Crippen LogP contribution < -0.4 is 9.64 Å². The van der Waals surface area contributed by atoms with Gasteiger partial charge in [0.1, 0.15) is 11.5 Å². The highest BCUT2D eigenvalue weighted by atomic mass is 16.5. The van der Waals surface area contributed by atoms with Crippen molar-refractivity contribution in [3.8, 4) is 5.75 Å². The number of methoxy groups -OCH3 is 1. The predicted octanol–water partition coefficient (Wildman–Crippen LogP) is 4.63. The number of hydrogen-bond acceptors (Lipinski definition) is 5. The summed E-state index contributed by atoms with van der Waals surface area (Å²) >= 11 is 0. The molecule has 1 amide bonds. The molecule has 1 unspecified atom stereocenters. The van der Waals surface area contributed by atoms with Crippen LogP contribution in [-0.4, -0.2) is 36.8 Å². The summed E-state index contributed by atoms with van der Waals surface area (Å²) in [5.41, 5.74) is 4.00. The molecule has 0 fully saturated rings. The van der Waals surface area contributed by atoms with E-state index in [0.717, 1.165) is 29.0 Å². The van der Waals surface area contributed by atoms with Crippen LogP contribution in [0.1, 0.15) is 61.5 Å². The van der Waals surface area contributed by atoms with Gasteiger partial charge in [-0.1, -0.05) is 6.92 Å². The van der Waals surface area contributed by atoms with Crippen LogP contribution >= 0.6 is 0 Å². The molecule has 2 aliphatic heterocycles. The Morgan fingerprint density at radius 1 is 1.23 bits per heavy atom. The van der Waals surface area contributed by atoms with Crippen LogP contribution in [0, 0.1) is 0 Å². The van der Waals surface area contributed by atoms with Crippen LogP contribution in [0.3, 0.4) is 0 Å². The van der Waals surface area contributed by atoms with Crippen LogP contribution in [0.2, 0.25) is 0 Å². The quantitative estimate of drug-likeness (QED) is 0.695. The molecule has 0 bridgehead atoms. The van der Waals surface area contributed by atoms with Crippen LogP contribution in [0.4, 0.5) is 11.4 Å². The number of aliphatic imine (C=N–C) groups is 1. The van der Waals surface area contributed by atoms with E-state index in [-0.39, 0.29) is 17.4 Å². The average molecular weight is 406 g/mol. The Morgan fingerprint density at radius 2 is 1.93 bits per heavy atom. The number of hydrogen-bond donors (Lipinski definition) is 0. The minimum absolute atomic E-state index is 0.106. The lowest BCUT2D eigenvalue weighted by Crippen LogP contribution is -2.50. The first-order valence-electron chi connectivity index (χ1n) is 10.2. The number of ether oxygens (including phenoxy) is 2. The van der Waals surface area contributed by atoms with Crippen molar-refractivity contribution in [3.63, 3.8) is 0 Å². The zero-order valence-corrected chi connectivity index (χ0v) is 18.0. The molecular weight excluding hydrogens is 380 g/mol. The van der Waals surface area contributed by atoms with E-state index in [4.69, 9.17) is 9.47 Å². The number of nitrogens with zero attached hydrogens (tertiary/aromatic N) is 2. The van der Waals surface area contributed by atoms with Gasteiger partial charge in [0.05, 0.1) is 30.7 Å². The van der Waals surface area contributed by atoms with Crippen molar-refractivity contribution in [1.82, 2.24) is 0 Å². The first-order chi connectivity index (χ1) is 14.3. The van der Waals surface area contributed by atoms with E-state index in [1.165, 1.54) is 0 Å². The monoisotopic (exact) mass is 406 g/mol. The van der Waals surface area contributed by atoms with Gasteiger partial charge in [0.15, 0.2) is 0 Å². The zero-order valence-electron chi connectivity index (χ0n) is 18.0. The molecular formula is C24H26N2O4. The third-order valence-corrected chi connectivity index (χ3v) is 5.79. The summed E-state index contributed by atoms with van der Waals surface area (Å²) in [5, 5.41) is 0. The van der Waals surface area contributed by atoms with Gasteiger partial charge in [-0.3, -0.25) is 4.79 Å². The largest absolute Gasteiger partial charge is 0.497 e. The van der Waals surface area contributed by atoms with Crippen LogP contribution in [0.15, 0.2) is 41.4 Å². The minimum Gasteiger partial charge on any atom is -0.497 e.